The Morgan fingerprint density at radius 1 is 1.50 bits per heavy atom. The third kappa shape index (κ3) is 2.41. The summed E-state index contributed by atoms with van der Waals surface area (Å²) in [4.78, 5) is 16.8. The molecule has 2 aromatic rings. The van der Waals surface area contributed by atoms with E-state index < -0.39 is 0 Å². The molecular weight excluding hydrogens is 252 g/mol. The van der Waals surface area contributed by atoms with Crippen molar-refractivity contribution in [3.05, 3.63) is 24.3 Å². The molecule has 1 amide bonds. The van der Waals surface area contributed by atoms with Crippen LogP contribution in [0.3, 0.4) is 0 Å². The van der Waals surface area contributed by atoms with Crippen LogP contribution in [0.5, 0.6) is 0 Å². The highest BCUT2D eigenvalue weighted by atomic mass is 16.2. The van der Waals surface area contributed by atoms with Gasteiger partial charge in [0.25, 0.3) is 0 Å². The molecule has 20 heavy (non-hydrogen) atoms. The van der Waals surface area contributed by atoms with Crippen LogP contribution in [0, 0.1) is 5.92 Å². The summed E-state index contributed by atoms with van der Waals surface area (Å²) in [6.45, 7) is 4.63. The predicted molar refractivity (Wildman–Crippen MR) is 79.6 cm³/mol. The molecular formula is C15H20N4O. The number of anilines is 1. The summed E-state index contributed by atoms with van der Waals surface area (Å²) in [6.07, 6.45) is 2.01. The average molecular weight is 272 g/mol. The summed E-state index contributed by atoms with van der Waals surface area (Å²) in [7, 11) is 0. The van der Waals surface area contributed by atoms with Crippen LogP contribution in [0.4, 0.5) is 5.95 Å². The van der Waals surface area contributed by atoms with Gasteiger partial charge in [-0.25, -0.2) is 4.98 Å². The number of benzene rings is 1. The van der Waals surface area contributed by atoms with E-state index in [1.165, 1.54) is 0 Å². The predicted octanol–water partition coefficient (Wildman–Crippen LogP) is 1.99. The van der Waals surface area contributed by atoms with Crippen LogP contribution in [0.15, 0.2) is 24.3 Å². The number of amides is 1. The van der Waals surface area contributed by atoms with E-state index >= 15 is 0 Å². The van der Waals surface area contributed by atoms with Crippen molar-refractivity contribution in [3.63, 3.8) is 0 Å². The number of carbonyl (C=O) groups is 1. The first-order valence-corrected chi connectivity index (χ1v) is 7.26. The Balaban J connectivity index is 1.84. The van der Waals surface area contributed by atoms with Gasteiger partial charge in [0, 0.05) is 13.1 Å². The second kappa shape index (κ2) is 5.63. The van der Waals surface area contributed by atoms with E-state index in [4.69, 9.17) is 0 Å². The Labute approximate surface area is 118 Å². The molecule has 1 atom stereocenters. The van der Waals surface area contributed by atoms with Crippen molar-refractivity contribution in [2.75, 3.05) is 18.4 Å². The number of hydrogen-bond acceptors (Lipinski definition) is 3. The SMILES string of the molecule is CCn1c(NC(=O)C2CCCNC2)nc2ccccc21. The average Bonchev–Trinajstić information content (AvgIpc) is 2.85. The molecule has 1 aliphatic rings. The zero-order valence-corrected chi connectivity index (χ0v) is 11.7. The van der Waals surface area contributed by atoms with E-state index in [0.29, 0.717) is 5.95 Å². The van der Waals surface area contributed by atoms with Gasteiger partial charge in [0.05, 0.1) is 17.0 Å². The number of fused-ring (bicyclic) bond motifs is 1. The first-order valence-electron chi connectivity index (χ1n) is 7.26. The lowest BCUT2D eigenvalue weighted by atomic mass is 9.99. The van der Waals surface area contributed by atoms with Crippen LogP contribution in [0.1, 0.15) is 19.8 Å². The van der Waals surface area contributed by atoms with Gasteiger partial charge < -0.3 is 9.88 Å². The number of carbonyl (C=O) groups excluding carboxylic acids is 1. The first kappa shape index (κ1) is 13.1. The number of nitrogens with one attached hydrogen (secondary N) is 2. The smallest absolute Gasteiger partial charge is 0.231 e. The third-order valence-corrected chi connectivity index (χ3v) is 3.87. The first-order chi connectivity index (χ1) is 9.79. The van der Waals surface area contributed by atoms with Crippen molar-refractivity contribution in [1.29, 1.82) is 0 Å². The summed E-state index contributed by atoms with van der Waals surface area (Å²) in [6, 6.07) is 7.96. The van der Waals surface area contributed by atoms with E-state index in [2.05, 4.69) is 22.5 Å². The van der Waals surface area contributed by atoms with E-state index in [1.807, 2.05) is 28.8 Å². The molecule has 2 N–H and O–H groups in total. The largest absolute Gasteiger partial charge is 0.316 e. The fraction of sp³-hybridized carbons (Fsp3) is 0.467. The number of aryl methyl sites for hydroxylation is 1. The molecule has 5 heteroatoms. The summed E-state index contributed by atoms with van der Waals surface area (Å²) in [5.74, 6) is 0.778. The molecule has 1 aliphatic heterocycles. The van der Waals surface area contributed by atoms with Gasteiger partial charge in [-0.1, -0.05) is 12.1 Å². The van der Waals surface area contributed by atoms with Gasteiger partial charge in [-0.2, -0.15) is 0 Å². The van der Waals surface area contributed by atoms with E-state index in [1.54, 1.807) is 0 Å². The van der Waals surface area contributed by atoms with Crippen molar-refractivity contribution in [3.8, 4) is 0 Å². The van der Waals surface area contributed by atoms with Gasteiger partial charge in [0.15, 0.2) is 0 Å². The zero-order valence-electron chi connectivity index (χ0n) is 11.7. The van der Waals surface area contributed by atoms with Gasteiger partial charge in [-0.15, -0.1) is 0 Å². The van der Waals surface area contributed by atoms with Gasteiger partial charge in [-0.3, -0.25) is 10.1 Å². The lowest BCUT2D eigenvalue weighted by Crippen LogP contribution is -2.37. The minimum absolute atomic E-state index is 0.0499. The molecule has 1 fully saturated rings. The lowest BCUT2D eigenvalue weighted by molar-refractivity contribution is -0.120. The van der Waals surface area contributed by atoms with Gasteiger partial charge in [0.1, 0.15) is 0 Å². The molecule has 1 aromatic heterocycles. The number of nitrogens with zero attached hydrogens (tertiary/aromatic N) is 2. The summed E-state index contributed by atoms with van der Waals surface area (Å²) < 4.78 is 2.05. The Morgan fingerprint density at radius 3 is 3.10 bits per heavy atom. The Kier molecular flexibility index (Phi) is 3.69. The number of piperidine rings is 1. The van der Waals surface area contributed by atoms with Crippen LogP contribution < -0.4 is 10.6 Å². The number of para-hydroxylation sites is 2. The second-order valence-corrected chi connectivity index (χ2v) is 5.20. The van der Waals surface area contributed by atoms with Crippen LogP contribution in [0.25, 0.3) is 11.0 Å². The maximum absolute atomic E-state index is 12.3. The molecule has 2 heterocycles. The highest BCUT2D eigenvalue weighted by molar-refractivity contribution is 5.93. The molecule has 0 radical (unpaired) electrons. The van der Waals surface area contributed by atoms with Crippen molar-refractivity contribution < 1.29 is 4.79 Å². The summed E-state index contributed by atoms with van der Waals surface area (Å²) in [5, 5.41) is 6.26. The highest BCUT2D eigenvalue weighted by Crippen LogP contribution is 2.20. The molecule has 1 saturated heterocycles. The minimum Gasteiger partial charge on any atom is -0.316 e. The van der Waals surface area contributed by atoms with E-state index in [-0.39, 0.29) is 11.8 Å². The standard InChI is InChI=1S/C15H20N4O/c1-2-19-13-8-4-3-7-12(13)17-15(19)18-14(20)11-6-5-9-16-10-11/h3-4,7-8,11,16H,2,5-6,9-10H2,1H3,(H,17,18,20). The van der Waals surface area contributed by atoms with Crippen molar-refractivity contribution in [2.45, 2.75) is 26.3 Å². The molecule has 0 bridgehead atoms. The maximum Gasteiger partial charge on any atom is 0.231 e. The van der Waals surface area contributed by atoms with Crippen molar-refractivity contribution >= 4 is 22.9 Å². The Hall–Kier alpha value is -1.88. The lowest BCUT2D eigenvalue weighted by Gasteiger charge is -2.21. The number of rotatable bonds is 3. The van der Waals surface area contributed by atoms with Crippen LogP contribution in [-0.2, 0) is 11.3 Å². The van der Waals surface area contributed by atoms with E-state index in [9.17, 15) is 4.79 Å². The quantitative estimate of drug-likeness (QED) is 0.898. The monoisotopic (exact) mass is 272 g/mol. The second-order valence-electron chi connectivity index (χ2n) is 5.20. The molecule has 0 saturated carbocycles. The molecule has 3 rings (SSSR count). The molecule has 5 nitrogen and oxygen atoms in total. The molecule has 0 aliphatic carbocycles. The van der Waals surface area contributed by atoms with Gasteiger partial charge >= 0.3 is 0 Å². The van der Waals surface area contributed by atoms with Crippen molar-refractivity contribution in [1.82, 2.24) is 14.9 Å². The Bertz CT molecular complexity index is 613. The van der Waals surface area contributed by atoms with Crippen LogP contribution >= 0.6 is 0 Å². The third-order valence-electron chi connectivity index (χ3n) is 3.87. The summed E-state index contributed by atoms with van der Waals surface area (Å²) >= 11 is 0. The number of hydrogen-bond donors (Lipinski definition) is 2. The topological polar surface area (TPSA) is 59.0 Å². The Morgan fingerprint density at radius 2 is 2.35 bits per heavy atom. The maximum atomic E-state index is 12.3. The van der Waals surface area contributed by atoms with Crippen molar-refractivity contribution in [2.24, 2.45) is 5.92 Å². The molecule has 0 spiro atoms. The number of imidazole rings is 1. The molecule has 106 valence electrons. The fourth-order valence-corrected chi connectivity index (χ4v) is 2.78. The normalized spacial score (nSPS) is 19.1. The highest BCUT2D eigenvalue weighted by Gasteiger charge is 2.22. The zero-order chi connectivity index (χ0) is 13.9. The van der Waals surface area contributed by atoms with Crippen LogP contribution in [-0.4, -0.2) is 28.5 Å². The fourth-order valence-electron chi connectivity index (χ4n) is 2.78. The minimum atomic E-state index is 0.0499. The molecule has 1 unspecified atom stereocenters. The number of aromatic nitrogens is 2. The summed E-state index contributed by atoms with van der Waals surface area (Å²) in [5.41, 5.74) is 1.98. The van der Waals surface area contributed by atoms with Gasteiger partial charge in [0.2, 0.25) is 11.9 Å². The molecule has 1 aromatic carbocycles. The van der Waals surface area contributed by atoms with Crippen LogP contribution in [0.2, 0.25) is 0 Å². The van der Waals surface area contributed by atoms with Gasteiger partial charge in [-0.05, 0) is 38.4 Å². The van der Waals surface area contributed by atoms with E-state index in [0.717, 1.165) is 43.5 Å².